The van der Waals surface area contributed by atoms with E-state index in [2.05, 4.69) is 15.0 Å². The summed E-state index contributed by atoms with van der Waals surface area (Å²) in [7, 11) is 0. The van der Waals surface area contributed by atoms with Crippen LogP contribution in [-0.4, -0.2) is 48.3 Å². The second kappa shape index (κ2) is 8.82. The van der Waals surface area contributed by atoms with Gasteiger partial charge in [0, 0.05) is 0 Å². The fraction of sp³-hybridized carbons (Fsp3) is 0.467. The molecule has 0 saturated carbocycles. The highest BCUT2D eigenvalue weighted by molar-refractivity contribution is 5.95. The van der Waals surface area contributed by atoms with Gasteiger partial charge < -0.3 is 25.3 Å². The molecule has 0 saturated heterocycles. The lowest BCUT2D eigenvalue weighted by Gasteiger charge is -2.19. The average molecular weight is 339 g/mol. The molecule has 0 spiro atoms. The van der Waals surface area contributed by atoms with Gasteiger partial charge in [0.25, 0.3) is 0 Å². The molecular weight excluding hydrogens is 318 g/mol. The van der Waals surface area contributed by atoms with Crippen LogP contribution in [0.5, 0.6) is 5.75 Å². The van der Waals surface area contributed by atoms with Crippen molar-refractivity contribution in [1.82, 2.24) is 10.3 Å². The Morgan fingerprint density at radius 2 is 1.96 bits per heavy atom. The molecule has 1 amide bonds. The summed E-state index contributed by atoms with van der Waals surface area (Å²) in [4.78, 5) is 37.7. The molecule has 0 unspecified atom stereocenters. The summed E-state index contributed by atoms with van der Waals surface area (Å²) < 4.78 is 14.8. The van der Waals surface area contributed by atoms with Crippen LogP contribution in [-0.2, 0) is 14.3 Å². The summed E-state index contributed by atoms with van der Waals surface area (Å²) in [6.45, 7) is 5.34. The van der Waals surface area contributed by atoms with Crippen molar-refractivity contribution in [1.29, 1.82) is 0 Å². The Labute approximate surface area is 139 Å². The number of pyridine rings is 1. The highest BCUT2D eigenvalue weighted by atomic mass is 16.6. The maximum Gasteiger partial charge on any atom is 0.407 e. The number of amides is 1. The summed E-state index contributed by atoms with van der Waals surface area (Å²) in [6.07, 6.45) is 0.767. The van der Waals surface area contributed by atoms with Crippen LogP contribution >= 0.6 is 0 Å². The first kappa shape index (κ1) is 19.4. The first-order chi connectivity index (χ1) is 11.2. The lowest BCUT2D eigenvalue weighted by molar-refractivity contribution is -0.136. The highest BCUT2D eigenvalue weighted by Crippen LogP contribution is 2.10. The molecule has 1 aromatic rings. The van der Waals surface area contributed by atoms with Gasteiger partial charge in [-0.3, -0.25) is 4.79 Å². The van der Waals surface area contributed by atoms with Crippen molar-refractivity contribution in [3.05, 3.63) is 24.0 Å². The zero-order valence-electron chi connectivity index (χ0n) is 13.8. The number of hydrogen-bond acceptors (Lipinski definition) is 8. The van der Waals surface area contributed by atoms with Crippen LogP contribution in [0.3, 0.4) is 0 Å². The van der Waals surface area contributed by atoms with E-state index in [-0.39, 0.29) is 18.8 Å². The van der Waals surface area contributed by atoms with Crippen LogP contribution in [0, 0.1) is 0 Å². The number of alkyl carbamates (subject to hydrolysis) is 1. The standard InChI is InChI=1S/C15H21N3O6/c1-15(2,3)24-14(21)17-6-7-22-10-4-5-11(18-9-10)13(20)23-12(19)8-16/h4-5,9H,6-8,16H2,1-3H3,(H,17,21). The van der Waals surface area contributed by atoms with E-state index in [4.69, 9.17) is 15.2 Å². The smallest absolute Gasteiger partial charge is 0.407 e. The summed E-state index contributed by atoms with van der Waals surface area (Å²) in [6, 6.07) is 2.84. The molecule has 0 aliphatic rings. The Bertz CT molecular complexity index is 580. The van der Waals surface area contributed by atoms with E-state index >= 15 is 0 Å². The minimum absolute atomic E-state index is 0.0453. The maximum absolute atomic E-state index is 11.5. The second-order valence-corrected chi connectivity index (χ2v) is 5.62. The fourth-order valence-electron chi connectivity index (χ4n) is 1.42. The summed E-state index contributed by atoms with van der Waals surface area (Å²) in [5.41, 5.74) is 4.43. The Morgan fingerprint density at radius 3 is 2.50 bits per heavy atom. The molecule has 1 rings (SSSR count). The molecule has 0 fully saturated rings. The summed E-state index contributed by atoms with van der Waals surface area (Å²) >= 11 is 0. The van der Waals surface area contributed by atoms with Gasteiger partial charge in [-0.1, -0.05) is 0 Å². The van der Waals surface area contributed by atoms with E-state index in [0.717, 1.165) is 0 Å². The zero-order chi connectivity index (χ0) is 18.2. The Balaban J connectivity index is 2.36. The number of esters is 2. The predicted molar refractivity (Wildman–Crippen MR) is 83.4 cm³/mol. The van der Waals surface area contributed by atoms with Gasteiger partial charge in [-0.2, -0.15) is 0 Å². The molecule has 0 atom stereocenters. The van der Waals surface area contributed by atoms with Crippen molar-refractivity contribution in [2.75, 3.05) is 19.7 Å². The Kier molecular flexibility index (Phi) is 7.12. The first-order valence-corrected chi connectivity index (χ1v) is 7.22. The van der Waals surface area contributed by atoms with Gasteiger partial charge in [-0.05, 0) is 32.9 Å². The fourth-order valence-corrected chi connectivity index (χ4v) is 1.42. The lowest BCUT2D eigenvalue weighted by Crippen LogP contribution is -2.34. The number of nitrogens with zero attached hydrogens (tertiary/aromatic N) is 1. The minimum atomic E-state index is -0.886. The SMILES string of the molecule is CC(C)(C)OC(=O)NCCOc1ccc(C(=O)OC(=O)CN)nc1. The first-order valence-electron chi connectivity index (χ1n) is 7.22. The van der Waals surface area contributed by atoms with Gasteiger partial charge >= 0.3 is 18.0 Å². The molecule has 0 bridgehead atoms. The second-order valence-electron chi connectivity index (χ2n) is 5.62. The third-order valence-corrected chi connectivity index (χ3v) is 2.36. The molecule has 1 aromatic heterocycles. The number of nitrogens with two attached hydrogens (primary N) is 1. The number of ether oxygens (including phenoxy) is 3. The van der Waals surface area contributed by atoms with Gasteiger partial charge in [0.1, 0.15) is 23.7 Å². The van der Waals surface area contributed by atoms with Crippen LogP contribution in [0.2, 0.25) is 0 Å². The van der Waals surface area contributed by atoms with Crippen LogP contribution < -0.4 is 15.8 Å². The molecule has 0 aliphatic carbocycles. The zero-order valence-corrected chi connectivity index (χ0v) is 13.8. The number of aromatic nitrogens is 1. The predicted octanol–water partition coefficient (Wildman–Crippen LogP) is 0.627. The van der Waals surface area contributed by atoms with E-state index < -0.39 is 30.2 Å². The van der Waals surface area contributed by atoms with E-state index in [1.54, 1.807) is 20.8 Å². The molecule has 9 heteroatoms. The third-order valence-electron chi connectivity index (χ3n) is 2.36. The van der Waals surface area contributed by atoms with Gasteiger partial charge in [-0.15, -0.1) is 0 Å². The van der Waals surface area contributed by atoms with Crippen molar-refractivity contribution < 1.29 is 28.6 Å². The molecule has 1 heterocycles. The Hall–Kier alpha value is -2.68. The normalized spacial score (nSPS) is 10.7. The molecular formula is C15H21N3O6. The third kappa shape index (κ3) is 7.54. The topological polar surface area (TPSA) is 130 Å². The number of carbonyl (C=O) groups excluding carboxylic acids is 3. The molecule has 3 N–H and O–H groups in total. The van der Waals surface area contributed by atoms with E-state index in [1.807, 2.05) is 0 Å². The molecule has 24 heavy (non-hydrogen) atoms. The summed E-state index contributed by atoms with van der Waals surface area (Å²) in [5, 5.41) is 2.54. The number of carbonyl (C=O) groups is 3. The van der Waals surface area contributed by atoms with Crippen LogP contribution in [0.25, 0.3) is 0 Å². The monoisotopic (exact) mass is 339 g/mol. The molecule has 0 aromatic carbocycles. The Morgan fingerprint density at radius 1 is 1.25 bits per heavy atom. The quantitative estimate of drug-likeness (QED) is 0.438. The van der Waals surface area contributed by atoms with Gasteiger partial charge in [0.05, 0.1) is 19.3 Å². The van der Waals surface area contributed by atoms with Gasteiger partial charge in [-0.25, -0.2) is 14.6 Å². The number of rotatable bonds is 6. The van der Waals surface area contributed by atoms with E-state index in [1.165, 1.54) is 18.3 Å². The van der Waals surface area contributed by atoms with Crippen molar-refractivity contribution in [2.45, 2.75) is 26.4 Å². The number of nitrogens with one attached hydrogen (secondary N) is 1. The minimum Gasteiger partial charge on any atom is -0.490 e. The van der Waals surface area contributed by atoms with Crippen LogP contribution in [0.4, 0.5) is 4.79 Å². The van der Waals surface area contributed by atoms with Crippen molar-refractivity contribution in [2.24, 2.45) is 5.73 Å². The van der Waals surface area contributed by atoms with E-state index in [9.17, 15) is 14.4 Å². The summed E-state index contributed by atoms with van der Waals surface area (Å²) in [5.74, 6) is -1.33. The molecule has 132 valence electrons. The van der Waals surface area contributed by atoms with Crippen molar-refractivity contribution in [3.63, 3.8) is 0 Å². The van der Waals surface area contributed by atoms with Crippen LogP contribution in [0.15, 0.2) is 18.3 Å². The average Bonchev–Trinajstić information content (AvgIpc) is 2.50. The highest BCUT2D eigenvalue weighted by Gasteiger charge is 2.15. The van der Waals surface area contributed by atoms with Gasteiger partial charge in [0.15, 0.2) is 0 Å². The molecule has 0 aliphatic heterocycles. The lowest BCUT2D eigenvalue weighted by atomic mass is 10.2. The molecule has 0 radical (unpaired) electrons. The van der Waals surface area contributed by atoms with Crippen molar-refractivity contribution in [3.8, 4) is 5.75 Å². The van der Waals surface area contributed by atoms with Gasteiger partial charge in [0.2, 0.25) is 0 Å². The molecule has 9 nitrogen and oxygen atoms in total. The largest absolute Gasteiger partial charge is 0.490 e. The van der Waals surface area contributed by atoms with Crippen LogP contribution in [0.1, 0.15) is 31.3 Å². The van der Waals surface area contributed by atoms with E-state index in [0.29, 0.717) is 5.75 Å². The maximum atomic E-state index is 11.5. The van der Waals surface area contributed by atoms with Crippen molar-refractivity contribution >= 4 is 18.0 Å². The number of hydrogen-bond donors (Lipinski definition) is 2.